The van der Waals surface area contributed by atoms with Crippen LogP contribution < -0.4 is 15.4 Å². The van der Waals surface area contributed by atoms with Gasteiger partial charge >= 0.3 is 0 Å². The molecule has 0 unspecified atom stereocenters. The third-order valence-corrected chi connectivity index (χ3v) is 4.56. The van der Waals surface area contributed by atoms with E-state index in [1.807, 2.05) is 66.7 Å². The van der Waals surface area contributed by atoms with Gasteiger partial charge in [-0.1, -0.05) is 55.8 Å². The molecule has 0 aliphatic carbocycles. The lowest BCUT2D eigenvalue weighted by atomic mass is 10.0. The van der Waals surface area contributed by atoms with Crippen LogP contribution in [0.25, 0.3) is 11.1 Å². The lowest BCUT2D eigenvalue weighted by Crippen LogP contribution is -2.34. The second-order valence-corrected chi connectivity index (χ2v) is 6.99. The molecule has 3 aromatic rings. The Balaban J connectivity index is 1.53. The maximum absolute atomic E-state index is 12.4. The molecule has 1 amide bonds. The predicted octanol–water partition coefficient (Wildman–Crippen LogP) is 5.66. The molecule has 0 fully saturated rings. The van der Waals surface area contributed by atoms with E-state index in [0.29, 0.717) is 12.2 Å². The Morgan fingerprint density at radius 2 is 1.55 bits per heavy atom. The second-order valence-electron chi connectivity index (χ2n) is 6.58. The van der Waals surface area contributed by atoms with Gasteiger partial charge in [0, 0.05) is 11.3 Å². The van der Waals surface area contributed by atoms with Crippen molar-refractivity contribution in [2.45, 2.75) is 19.8 Å². The number of thiocarbonyl (C=S) groups is 1. The van der Waals surface area contributed by atoms with E-state index in [0.717, 1.165) is 35.4 Å². The number of anilines is 1. The minimum atomic E-state index is -0.248. The zero-order chi connectivity index (χ0) is 20.5. The number of rotatable bonds is 7. The molecule has 0 spiro atoms. The van der Waals surface area contributed by atoms with E-state index >= 15 is 0 Å². The summed E-state index contributed by atoms with van der Waals surface area (Å²) in [5, 5.41) is 5.98. The topological polar surface area (TPSA) is 50.4 Å². The van der Waals surface area contributed by atoms with Crippen LogP contribution >= 0.6 is 12.2 Å². The van der Waals surface area contributed by atoms with E-state index < -0.39 is 0 Å². The van der Waals surface area contributed by atoms with Gasteiger partial charge in [-0.25, -0.2) is 0 Å². The van der Waals surface area contributed by atoms with E-state index in [1.54, 1.807) is 12.1 Å². The summed E-state index contributed by atoms with van der Waals surface area (Å²) < 4.78 is 5.64. The molecule has 0 atom stereocenters. The van der Waals surface area contributed by atoms with Gasteiger partial charge in [0.1, 0.15) is 5.75 Å². The van der Waals surface area contributed by atoms with Crippen LogP contribution in [0.5, 0.6) is 5.75 Å². The van der Waals surface area contributed by atoms with Crippen molar-refractivity contribution in [3.63, 3.8) is 0 Å². The lowest BCUT2D eigenvalue weighted by Gasteiger charge is -2.11. The summed E-state index contributed by atoms with van der Waals surface area (Å²) in [4.78, 5) is 12.4. The van der Waals surface area contributed by atoms with Gasteiger partial charge in [-0.2, -0.15) is 0 Å². The van der Waals surface area contributed by atoms with Gasteiger partial charge in [0.2, 0.25) is 0 Å². The highest BCUT2D eigenvalue weighted by Gasteiger charge is 2.08. The number of benzene rings is 3. The Morgan fingerprint density at radius 1 is 0.897 bits per heavy atom. The molecule has 0 bridgehead atoms. The van der Waals surface area contributed by atoms with Crippen LogP contribution in [0, 0.1) is 0 Å². The molecule has 0 radical (unpaired) electrons. The van der Waals surface area contributed by atoms with Crippen molar-refractivity contribution in [3.05, 3.63) is 84.4 Å². The predicted molar refractivity (Wildman–Crippen MR) is 122 cm³/mol. The first-order valence-electron chi connectivity index (χ1n) is 9.66. The van der Waals surface area contributed by atoms with Crippen molar-refractivity contribution >= 4 is 28.9 Å². The molecular weight excluding hydrogens is 380 g/mol. The van der Waals surface area contributed by atoms with Crippen molar-refractivity contribution < 1.29 is 9.53 Å². The number of carbonyl (C=O) groups excluding carboxylic acids is 1. The van der Waals surface area contributed by atoms with Gasteiger partial charge < -0.3 is 10.1 Å². The monoisotopic (exact) mass is 404 g/mol. The smallest absolute Gasteiger partial charge is 0.257 e. The molecule has 2 N–H and O–H groups in total. The molecule has 0 aliphatic heterocycles. The highest BCUT2D eigenvalue weighted by molar-refractivity contribution is 7.80. The van der Waals surface area contributed by atoms with E-state index in [-0.39, 0.29) is 11.0 Å². The third-order valence-electron chi connectivity index (χ3n) is 4.36. The average molecular weight is 405 g/mol. The maximum atomic E-state index is 12.4. The Labute approximate surface area is 176 Å². The molecule has 148 valence electrons. The molecule has 0 heterocycles. The Hall–Kier alpha value is -3.18. The number of carbonyl (C=O) groups is 1. The minimum absolute atomic E-state index is 0.248. The van der Waals surface area contributed by atoms with E-state index in [4.69, 9.17) is 17.0 Å². The number of hydrogen-bond acceptors (Lipinski definition) is 3. The van der Waals surface area contributed by atoms with Crippen LogP contribution in [0.4, 0.5) is 5.69 Å². The summed E-state index contributed by atoms with van der Waals surface area (Å²) in [5.41, 5.74) is 3.51. The Kier molecular flexibility index (Phi) is 7.36. The second kappa shape index (κ2) is 10.4. The molecule has 0 aliphatic rings. The van der Waals surface area contributed by atoms with Gasteiger partial charge in [-0.15, -0.1) is 0 Å². The van der Waals surface area contributed by atoms with Gasteiger partial charge in [-0.05, 0) is 66.2 Å². The van der Waals surface area contributed by atoms with Crippen LogP contribution in [-0.2, 0) is 0 Å². The van der Waals surface area contributed by atoms with Crippen molar-refractivity contribution in [2.75, 3.05) is 11.9 Å². The fraction of sp³-hybridized carbons (Fsp3) is 0.167. The van der Waals surface area contributed by atoms with E-state index in [1.165, 1.54) is 0 Å². The van der Waals surface area contributed by atoms with Crippen LogP contribution in [0.3, 0.4) is 0 Å². The molecule has 5 heteroatoms. The zero-order valence-electron chi connectivity index (χ0n) is 16.4. The van der Waals surface area contributed by atoms with Crippen molar-refractivity contribution in [1.29, 1.82) is 0 Å². The van der Waals surface area contributed by atoms with Crippen molar-refractivity contribution in [2.24, 2.45) is 0 Å². The highest BCUT2D eigenvalue weighted by Crippen LogP contribution is 2.19. The number of amides is 1. The van der Waals surface area contributed by atoms with Crippen LogP contribution in [-0.4, -0.2) is 17.6 Å². The van der Waals surface area contributed by atoms with Gasteiger partial charge in [0.25, 0.3) is 5.91 Å². The summed E-state index contributed by atoms with van der Waals surface area (Å²) in [7, 11) is 0. The third kappa shape index (κ3) is 6.16. The molecule has 3 aromatic carbocycles. The van der Waals surface area contributed by atoms with Gasteiger partial charge in [-0.3, -0.25) is 10.1 Å². The summed E-state index contributed by atoms with van der Waals surface area (Å²) in [6.07, 6.45) is 2.13. The number of unbranched alkanes of at least 4 members (excludes halogenated alkanes) is 1. The minimum Gasteiger partial charge on any atom is -0.494 e. The fourth-order valence-electron chi connectivity index (χ4n) is 2.75. The first kappa shape index (κ1) is 20.6. The summed E-state index contributed by atoms with van der Waals surface area (Å²) >= 11 is 5.26. The number of nitrogens with one attached hydrogen (secondary N) is 2. The molecule has 29 heavy (non-hydrogen) atoms. The largest absolute Gasteiger partial charge is 0.494 e. The van der Waals surface area contributed by atoms with Gasteiger partial charge in [0.15, 0.2) is 5.11 Å². The van der Waals surface area contributed by atoms with Gasteiger partial charge in [0.05, 0.1) is 6.61 Å². The Morgan fingerprint density at radius 3 is 2.21 bits per heavy atom. The normalized spacial score (nSPS) is 10.2. The molecule has 0 saturated heterocycles. The number of ether oxygens (including phenoxy) is 1. The molecule has 4 nitrogen and oxygen atoms in total. The average Bonchev–Trinajstić information content (AvgIpc) is 2.76. The molecule has 0 aromatic heterocycles. The summed E-state index contributed by atoms with van der Waals surface area (Å²) in [6, 6.07) is 25.0. The van der Waals surface area contributed by atoms with Crippen LogP contribution in [0.15, 0.2) is 78.9 Å². The number of hydrogen-bond donors (Lipinski definition) is 2. The first-order valence-corrected chi connectivity index (χ1v) is 10.1. The van der Waals surface area contributed by atoms with E-state index in [2.05, 4.69) is 17.6 Å². The fourth-order valence-corrected chi connectivity index (χ4v) is 2.96. The zero-order valence-corrected chi connectivity index (χ0v) is 17.2. The molecular formula is C24H24N2O2S. The summed E-state index contributed by atoms with van der Waals surface area (Å²) in [5.74, 6) is 0.569. The Bertz CT molecular complexity index is 939. The highest BCUT2D eigenvalue weighted by atomic mass is 32.1. The molecule has 0 saturated carbocycles. The van der Waals surface area contributed by atoms with Crippen molar-refractivity contribution in [1.82, 2.24) is 5.32 Å². The summed E-state index contributed by atoms with van der Waals surface area (Å²) in [6.45, 7) is 2.84. The quantitative estimate of drug-likeness (QED) is 0.394. The maximum Gasteiger partial charge on any atom is 0.257 e. The van der Waals surface area contributed by atoms with Crippen LogP contribution in [0.2, 0.25) is 0 Å². The van der Waals surface area contributed by atoms with E-state index in [9.17, 15) is 4.79 Å². The van der Waals surface area contributed by atoms with Crippen LogP contribution in [0.1, 0.15) is 30.1 Å². The molecule has 3 rings (SSSR count). The SMILES string of the molecule is CCCCOc1ccc(NC(=S)NC(=O)c2ccc(-c3ccccc3)cc2)cc1. The first-order chi connectivity index (χ1) is 14.2. The van der Waals surface area contributed by atoms with Crippen molar-refractivity contribution in [3.8, 4) is 16.9 Å². The standard InChI is InChI=1S/C24H24N2O2S/c1-2-3-17-28-22-15-13-21(14-16-22)25-24(29)26-23(27)20-11-9-19(10-12-20)18-7-5-4-6-8-18/h4-16H,2-3,17H2,1H3,(H2,25,26,27,29). The lowest BCUT2D eigenvalue weighted by molar-refractivity contribution is 0.0978.